The number of fused-ring (bicyclic) bond motifs is 10. The minimum atomic E-state index is 0.631. The Balaban J connectivity index is 1.06. The third-order valence-electron chi connectivity index (χ3n) is 11.8. The van der Waals surface area contributed by atoms with Crippen molar-refractivity contribution in [1.82, 2.24) is 24.1 Å². The molecule has 0 spiro atoms. The molecule has 0 radical (unpaired) electrons. The summed E-state index contributed by atoms with van der Waals surface area (Å²) < 4.78 is 4.76. The average Bonchev–Trinajstić information content (AvgIpc) is 3.83. The van der Waals surface area contributed by atoms with Gasteiger partial charge in [-0.05, 0) is 95.4 Å². The highest BCUT2D eigenvalue weighted by molar-refractivity contribution is 6.23. The van der Waals surface area contributed by atoms with E-state index in [4.69, 9.17) is 15.0 Å². The monoisotopic (exact) mass is 741 g/mol. The van der Waals surface area contributed by atoms with Crippen LogP contribution < -0.4 is 0 Å². The summed E-state index contributed by atoms with van der Waals surface area (Å²) in [5.41, 5.74) is 12.4. The zero-order chi connectivity index (χ0) is 38.2. The molecule has 58 heavy (non-hydrogen) atoms. The highest BCUT2D eigenvalue weighted by Gasteiger charge is 2.21. The third-order valence-corrected chi connectivity index (χ3v) is 11.8. The number of nitrogens with zero attached hydrogens (tertiary/aromatic N) is 5. The lowest BCUT2D eigenvalue weighted by atomic mass is 9.92. The van der Waals surface area contributed by atoms with Crippen LogP contribution in [0, 0.1) is 0 Å². The van der Waals surface area contributed by atoms with E-state index in [2.05, 4.69) is 179 Å². The quantitative estimate of drug-likeness (QED) is 0.176. The number of benzene rings is 8. The molecule has 0 unspecified atom stereocenters. The first-order chi connectivity index (χ1) is 28.8. The zero-order valence-electron chi connectivity index (χ0n) is 31.5. The number of para-hydroxylation sites is 2. The molecule has 0 bridgehead atoms. The fourth-order valence-corrected chi connectivity index (χ4v) is 9.20. The van der Waals surface area contributed by atoms with Gasteiger partial charge in [0.1, 0.15) is 0 Å². The molecular formula is C53H35N5. The fourth-order valence-electron chi connectivity index (χ4n) is 9.20. The predicted octanol–water partition coefficient (Wildman–Crippen LogP) is 13.2. The van der Waals surface area contributed by atoms with Crippen LogP contribution >= 0.6 is 0 Å². The van der Waals surface area contributed by atoms with E-state index in [-0.39, 0.29) is 0 Å². The van der Waals surface area contributed by atoms with Gasteiger partial charge in [0.2, 0.25) is 0 Å². The second kappa shape index (κ2) is 13.0. The van der Waals surface area contributed by atoms with Crippen molar-refractivity contribution in [2.24, 2.45) is 0 Å². The van der Waals surface area contributed by atoms with Gasteiger partial charge >= 0.3 is 0 Å². The molecule has 1 aliphatic rings. The maximum absolute atomic E-state index is 5.25. The first-order valence-corrected chi connectivity index (χ1v) is 19.9. The van der Waals surface area contributed by atoms with Crippen LogP contribution in [0.1, 0.15) is 17.5 Å². The van der Waals surface area contributed by atoms with Crippen LogP contribution in [0.3, 0.4) is 0 Å². The maximum Gasteiger partial charge on any atom is 0.164 e. The maximum atomic E-state index is 5.25. The number of hydrogen-bond donors (Lipinski definition) is 0. The van der Waals surface area contributed by atoms with Crippen LogP contribution in [0.2, 0.25) is 0 Å². The van der Waals surface area contributed by atoms with Crippen LogP contribution in [-0.4, -0.2) is 24.1 Å². The van der Waals surface area contributed by atoms with Crippen LogP contribution in [0.15, 0.2) is 182 Å². The molecule has 0 atom stereocenters. The van der Waals surface area contributed by atoms with E-state index in [1.54, 1.807) is 0 Å². The predicted molar refractivity (Wildman–Crippen MR) is 240 cm³/mol. The number of rotatable bonds is 5. The normalized spacial score (nSPS) is 12.6. The Hall–Kier alpha value is -7.63. The molecule has 3 heterocycles. The lowest BCUT2D eigenvalue weighted by Gasteiger charge is -2.14. The summed E-state index contributed by atoms with van der Waals surface area (Å²) in [6.45, 7) is 0. The van der Waals surface area contributed by atoms with Gasteiger partial charge in [-0.2, -0.15) is 0 Å². The molecule has 8 aromatic carbocycles. The van der Waals surface area contributed by atoms with Crippen molar-refractivity contribution >= 4 is 60.5 Å². The smallest absolute Gasteiger partial charge is 0.164 e. The molecular weight excluding hydrogens is 707 g/mol. The van der Waals surface area contributed by atoms with Crippen LogP contribution in [0.25, 0.3) is 106 Å². The van der Waals surface area contributed by atoms with E-state index in [1.165, 1.54) is 49.1 Å². The summed E-state index contributed by atoms with van der Waals surface area (Å²) in [7, 11) is 0. The molecule has 0 aliphatic heterocycles. The van der Waals surface area contributed by atoms with Crippen molar-refractivity contribution in [1.29, 1.82) is 0 Å². The molecule has 272 valence electrons. The van der Waals surface area contributed by atoms with Gasteiger partial charge in [-0.25, -0.2) is 15.0 Å². The van der Waals surface area contributed by atoms with Crippen LogP contribution in [0.5, 0.6) is 0 Å². The van der Waals surface area contributed by atoms with E-state index in [0.717, 1.165) is 57.3 Å². The fraction of sp³-hybridized carbons (Fsp3) is 0.0377. The highest BCUT2D eigenvalue weighted by atomic mass is 15.0. The van der Waals surface area contributed by atoms with E-state index in [1.807, 2.05) is 18.2 Å². The number of aryl methyl sites for hydroxylation is 1. The number of allylic oxidation sites excluding steroid dienone is 1. The summed E-state index contributed by atoms with van der Waals surface area (Å²) >= 11 is 0. The summed E-state index contributed by atoms with van der Waals surface area (Å²) in [5, 5.41) is 7.52. The van der Waals surface area contributed by atoms with Crippen LogP contribution in [0.4, 0.5) is 0 Å². The minimum absolute atomic E-state index is 0.631. The molecule has 0 saturated heterocycles. The van der Waals surface area contributed by atoms with Crippen molar-refractivity contribution in [3.05, 3.63) is 193 Å². The van der Waals surface area contributed by atoms with Crippen molar-refractivity contribution < 1.29 is 0 Å². The lowest BCUT2D eigenvalue weighted by Crippen LogP contribution is -2.01. The van der Waals surface area contributed by atoms with Gasteiger partial charge in [-0.3, -0.25) is 0 Å². The molecule has 0 saturated carbocycles. The van der Waals surface area contributed by atoms with E-state index < -0.39 is 0 Å². The molecule has 5 heteroatoms. The highest BCUT2D eigenvalue weighted by Crippen LogP contribution is 2.42. The van der Waals surface area contributed by atoms with Crippen molar-refractivity contribution in [2.75, 3.05) is 0 Å². The van der Waals surface area contributed by atoms with Gasteiger partial charge in [-0.15, -0.1) is 0 Å². The minimum Gasteiger partial charge on any atom is -0.309 e. The SMILES string of the molecule is C1=Cc2ccc3c(c2CC1)c1c2ccccc2ccc1n3-c1cccc(-c2nc(-c3ccccc3)nc(-c3ccc4c(c3)c3ccccc3n4-c3ccccc3)n2)c1. The van der Waals surface area contributed by atoms with Gasteiger partial charge in [0.05, 0.1) is 22.1 Å². The molecule has 0 N–H and O–H groups in total. The van der Waals surface area contributed by atoms with Gasteiger partial charge in [0.25, 0.3) is 0 Å². The zero-order valence-corrected chi connectivity index (χ0v) is 31.5. The van der Waals surface area contributed by atoms with Gasteiger partial charge in [0.15, 0.2) is 17.5 Å². The van der Waals surface area contributed by atoms with Gasteiger partial charge in [-0.1, -0.05) is 127 Å². The largest absolute Gasteiger partial charge is 0.309 e. The van der Waals surface area contributed by atoms with E-state index in [0.29, 0.717) is 17.5 Å². The van der Waals surface area contributed by atoms with E-state index >= 15 is 0 Å². The van der Waals surface area contributed by atoms with Gasteiger partial charge in [0, 0.05) is 49.6 Å². The molecule has 12 rings (SSSR count). The Bertz CT molecular complexity index is 3450. The molecule has 3 aromatic heterocycles. The molecule has 5 nitrogen and oxygen atoms in total. The van der Waals surface area contributed by atoms with Gasteiger partial charge < -0.3 is 9.13 Å². The first-order valence-electron chi connectivity index (χ1n) is 19.9. The van der Waals surface area contributed by atoms with Crippen LogP contribution in [-0.2, 0) is 6.42 Å². The Morgan fingerprint density at radius 2 is 1.00 bits per heavy atom. The number of aromatic nitrogens is 5. The first kappa shape index (κ1) is 32.6. The molecule has 1 aliphatic carbocycles. The third kappa shape index (κ3) is 5.07. The molecule has 11 aromatic rings. The Kier molecular flexibility index (Phi) is 7.29. The second-order valence-electron chi connectivity index (χ2n) is 15.1. The lowest BCUT2D eigenvalue weighted by molar-refractivity contribution is 0.997. The van der Waals surface area contributed by atoms with Crippen molar-refractivity contribution in [3.8, 4) is 45.5 Å². The Morgan fingerprint density at radius 1 is 0.397 bits per heavy atom. The molecule has 0 amide bonds. The number of hydrogen-bond acceptors (Lipinski definition) is 3. The molecule has 0 fully saturated rings. The van der Waals surface area contributed by atoms with Crippen molar-refractivity contribution in [3.63, 3.8) is 0 Å². The summed E-state index contributed by atoms with van der Waals surface area (Å²) in [6, 6.07) is 62.5. The summed E-state index contributed by atoms with van der Waals surface area (Å²) in [5.74, 6) is 1.91. The Morgan fingerprint density at radius 3 is 1.84 bits per heavy atom. The summed E-state index contributed by atoms with van der Waals surface area (Å²) in [4.78, 5) is 15.5. The average molecular weight is 742 g/mol. The standard InChI is InChI=1S/C53H35N5/c1-3-16-36(17-4-1)51-54-52(56-53(55-51)38-28-29-46-44(33-38)43-24-11-12-25-45(43)57(46)39-19-5-2-6-20-39)37-18-13-21-40(32-37)58-47-30-26-34-14-7-9-22-41(34)49(47)50-42-23-10-8-15-35(42)27-31-48(50)58/h1-9,11-22,24-33H,10,23H2. The second-order valence-corrected chi connectivity index (χ2v) is 15.1. The Labute approximate surface area is 334 Å². The van der Waals surface area contributed by atoms with Crippen molar-refractivity contribution in [2.45, 2.75) is 12.8 Å². The summed E-state index contributed by atoms with van der Waals surface area (Å²) in [6.07, 6.45) is 6.66. The topological polar surface area (TPSA) is 48.5 Å². The van der Waals surface area contributed by atoms with E-state index in [9.17, 15) is 0 Å².